The molecule has 0 bridgehead atoms. The van der Waals surface area contributed by atoms with E-state index in [4.69, 9.17) is 5.73 Å². The Bertz CT molecular complexity index is 543. The summed E-state index contributed by atoms with van der Waals surface area (Å²) >= 11 is 0. The molecule has 0 spiro atoms. The van der Waals surface area contributed by atoms with E-state index in [0.717, 1.165) is 12.1 Å². The second-order valence-corrected chi connectivity index (χ2v) is 4.05. The van der Waals surface area contributed by atoms with E-state index in [1.807, 2.05) is 0 Å². The zero-order valence-electron chi connectivity index (χ0n) is 9.62. The Labute approximate surface area is 102 Å². The van der Waals surface area contributed by atoms with Crippen molar-refractivity contribution in [1.82, 2.24) is 9.97 Å². The fourth-order valence-corrected chi connectivity index (χ4v) is 1.58. The van der Waals surface area contributed by atoms with Gasteiger partial charge in [0, 0.05) is 5.56 Å². The van der Waals surface area contributed by atoms with Crippen LogP contribution in [0.5, 0.6) is 0 Å². The maximum Gasteiger partial charge on any atom is 0.416 e. The largest absolute Gasteiger partial charge is 0.416 e. The first-order valence-corrected chi connectivity index (χ1v) is 5.36. The summed E-state index contributed by atoms with van der Waals surface area (Å²) in [6, 6.07) is 4.79. The lowest BCUT2D eigenvalue weighted by Gasteiger charge is -2.07. The summed E-state index contributed by atoms with van der Waals surface area (Å²) < 4.78 is 37.7. The van der Waals surface area contributed by atoms with E-state index in [1.165, 1.54) is 12.3 Å². The lowest BCUT2D eigenvalue weighted by atomic mass is 10.1. The summed E-state index contributed by atoms with van der Waals surface area (Å²) in [6.07, 6.45) is -2.87. The highest BCUT2D eigenvalue weighted by Crippen LogP contribution is 2.31. The maximum atomic E-state index is 12.6. The van der Waals surface area contributed by atoms with E-state index in [9.17, 15) is 13.2 Å². The van der Waals surface area contributed by atoms with Crippen LogP contribution in [0.3, 0.4) is 0 Å². The van der Waals surface area contributed by atoms with E-state index < -0.39 is 11.7 Å². The molecule has 0 aliphatic carbocycles. The molecular weight excluding hydrogens is 243 g/mol. The molecule has 1 aromatic carbocycles. The average Bonchev–Trinajstić information content (AvgIpc) is 2.77. The topological polar surface area (TPSA) is 54.7 Å². The van der Waals surface area contributed by atoms with E-state index in [2.05, 4.69) is 9.97 Å². The van der Waals surface area contributed by atoms with Crippen LogP contribution in [0.1, 0.15) is 24.4 Å². The van der Waals surface area contributed by atoms with Crippen LogP contribution in [0, 0.1) is 0 Å². The molecule has 0 radical (unpaired) electrons. The predicted octanol–water partition coefficient (Wildman–Crippen LogP) is 3.12. The van der Waals surface area contributed by atoms with Crippen LogP contribution < -0.4 is 5.73 Å². The van der Waals surface area contributed by atoms with Gasteiger partial charge in [-0.3, -0.25) is 0 Å². The number of nitrogens with zero attached hydrogens (tertiary/aromatic N) is 1. The highest BCUT2D eigenvalue weighted by atomic mass is 19.4. The minimum atomic E-state index is -4.35. The number of nitrogens with one attached hydrogen (secondary N) is 1. The van der Waals surface area contributed by atoms with Crippen LogP contribution in [-0.2, 0) is 6.18 Å². The van der Waals surface area contributed by atoms with Crippen molar-refractivity contribution in [1.29, 1.82) is 0 Å². The van der Waals surface area contributed by atoms with E-state index in [1.54, 1.807) is 13.0 Å². The number of aromatic amines is 1. The number of H-pyrrole nitrogens is 1. The van der Waals surface area contributed by atoms with Gasteiger partial charge in [0.05, 0.1) is 23.5 Å². The molecule has 3 nitrogen and oxygen atoms in total. The second-order valence-electron chi connectivity index (χ2n) is 4.05. The molecule has 1 heterocycles. The Balaban J connectivity index is 2.38. The van der Waals surface area contributed by atoms with Gasteiger partial charge >= 0.3 is 6.18 Å². The summed E-state index contributed by atoms with van der Waals surface area (Å²) in [5.74, 6) is 0.544. The molecule has 2 rings (SSSR count). The molecule has 18 heavy (non-hydrogen) atoms. The molecule has 1 aromatic heterocycles. The van der Waals surface area contributed by atoms with Crippen LogP contribution >= 0.6 is 0 Å². The highest BCUT2D eigenvalue weighted by molar-refractivity contribution is 5.59. The summed E-state index contributed by atoms with van der Waals surface area (Å²) in [5, 5.41) is 0. The molecule has 6 heteroatoms. The molecule has 0 saturated heterocycles. The number of aromatic nitrogens is 2. The average molecular weight is 255 g/mol. The second kappa shape index (κ2) is 4.45. The molecular formula is C12H12F3N3. The van der Waals surface area contributed by atoms with Gasteiger partial charge in [-0.25, -0.2) is 4.98 Å². The van der Waals surface area contributed by atoms with E-state index >= 15 is 0 Å². The van der Waals surface area contributed by atoms with Crippen molar-refractivity contribution in [3.63, 3.8) is 0 Å². The molecule has 0 aliphatic rings. The number of hydrogen-bond acceptors (Lipinski definition) is 2. The van der Waals surface area contributed by atoms with Gasteiger partial charge in [-0.15, -0.1) is 0 Å². The smallest absolute Gasteiger partial charge is 0.341 e. The zero-order valence-corrected chi connectivity index (χ0v) is 9.62. The van der Waals surface area contributed by atoms with Crippen molar-refractivity contribution in [2.45, 2.75) is 19.1 Å². The number of imidazole rings is 1. The third-order valence-electron chi connectivity index (χ3n) is 2.53. The first-order chi connectivity index (χ1) is 8.38. The Kier molecular flexibility index (Phi) is 3.13. The molecule has 3 N–H and O–H groups in total. The Hall–Kier alpha value is -1.82. The third kappa shape index (κ3) is 2.53. The van der Waals surface area contributed by atoms with Crippen LogP contribution in [-0.4, -0.2) is 9.97 Å². The minimum Gasteiger partial charge on any atom is -0.341 e. The number of halogens is 3. The standard InChI is InChI=1S/C12H12F3N3/c1-7(16)11-17-6-10(18-11)8-3-2-4-9(5-8)12(13,14)15/h2-7H,16H2,1H3,(H,17,18). The summed E-state index contributed by atoms with van der Waals surface area (Å²) in [4.78, 5) is 6.93. The Morgan fingerprint density at radius 3 is 2.61 bits per heavy atom. The van der Waals surface area contributed by atoms with E-state index in [0.29, 0.717) is 17.1 Å². The number of rotatable bonds is 2. The Morgan fingerprint density at radius 2 is 2.06 bits per heavy atom. The molecule has 1 unspecified atom stereocenters. The van der Waals surface area contributed by atoms with Crippen LogP contribution in [0.15, 0.2) is 30.5 Å². The van der Waals surface area contributed by atoms with Crippen molar-refractivity contribution in [3.05, 3.63) is 41.9 Å². The number of alkyl halides is 3. The van der Waals surface area contributed by atoms with Crippen molar-refractivity contribution >= 4 is 0 Å². The number of hydrogen-bond donors (Lipinski definition) is 2. The van der Waals surface area contributed by atoms with Crippen molar-refractivity contribution < 1.29 is 13.2 Å². The SMILES string of the molecule is CC(N)c1ncc(-c2cccc(C(F)(F)F)c2)[nH]1. The number of benzene rings is 1. The van der Waals surface area contributed by atoms with Gasteiger partial charge in [0.1, 0.15) is 5.82 Å². The highest BCUT2D eigenvalue weighted by Gasteiger charge is 2.30. The molecule has 1 atom stereocenters. The molecule has 96 valence electrons. The zero-order chi connectivity index (χ0) is 13.3. The van der Waals surface area contributed by atoms with Crippen molar-refractivity contribution in [3.8, 4) is 11.3 Å². The van der Waals surface area contributed by atoms with Crippen LogP contribution in [0.25, 0.3) is 11.3 Å². The van der Waals surface area contributed by atoms with Gasteiger partial charge in [-0.2, -0.15) is 13.2 Å². The minimum absolute atomic E-state index is 0.287. The monoisotopic (exact) mass is 255 g/mol. The molecule has 0 saturated carbocycles. The first-order valence-electron chi connectivity index (χ1n) is 5.36. The lowest BCUT2D eigenvalue weighted by molar-refractivity contribution is -0.137. The number of nitrogens with two attached hydrogens (primary N) is 1. The molecule has 0 amide bonds. The van der Waals surface area contributed by atoms with Gasteiger partial charge in [0.25, 0.3) is 0 Å². The van der Waals surface area contributed by atoms with Gasteiger partial charge in [-0.1, -0.05) is 12.1 Å². The van der Waals surface area contributed by atoms with Crippen molar-refractivity contribution in [2.75, 3.05) is 0 Å². The summed E-state index contributed by atoms with van der Waals surface area (Å²) in [5.41, 5.74) is 5.90. The molecule has 0 fully saturated rings. The fourth-order valence-electron chi connectivity index (χ4n) is 1.58. The first kappa shape index (κ1) is 12.6. The van der Waals surface area contributed by atoms with Crippen LogP contribution in [0.4, 0.5) is 13.2 Å². The Morgan fingerprint density at radius 1 is 1.33 bits per heavy atom. The maximum absolute atomic E-state index is 12.6. The summed E-state index contributed by atoms with van der Waals surface area (Å²) in [7, 11) is 0. The van der Waals surface area contributed by atoms with Gasteiger partial charge in [-0.05, 0) is 19.1 Å². The third-order valence-corrected chi connectivity index (χ3v) is 2.53. The fraction of sp³-hybridized carbons (Fsp3) is 0.250. The molecule has 2 aromatic rings. The normalized spacial score (nSPS) is 13.6. The predicted molar refractivity (Wildman–Crippen MR) is 61.6 cm³/mol. The van der Waals surface area contributed by atoms with Crippen molar-refractivity contribution in [2.24, 2.45) is 5.73 Å². The van der Waals surface area contributed by atoms with Gasteiger partial charge in [0.2, 0.25) is 0 Å². The van der Waals surface area contributed by atoms with Gasteiger partial charge < -0.3 is 10.7 Å². The summed E-state index contributed by atoms with van der Waals surface area (Å²) in [6.45, 7) is 1.74. The lowest BCUT2D eigenvalue weighted by Crippen LogP contribution is -2.06. The van der Waals surface area contributed by atoms with Crippen LogP contribution in [0.2, 0.25) is 0 Å². The molecule has 0 aliphatic heterocycles. The quantitative estimate of drug-likeness (QED) is 0.866. The van der Waals surface area contributed by atoms with E-state index in [-0.39, 0.29) is 6.04 Å². The van der Waals surface area contributed by atoms with Gasteiger partial charge in [0.15, 0.2) is 0 Å².